The molecule has 3 nitrogen and oxygen atoms in total. The molecule has 0 saturated heterocycles. The molecule has 0 aromatic carbocycles. The monoisotopic (exact) mass is 329 g/mol. The molecule has 1 rings (SSSR count). The van der Waals surface area contributed by atoms with E-state index < -0.39 is 0 Å². The molecule has 1 N–H and O–H groups in total. The summed E-state index contributed by atoms with van der Waals surface area (Å²) in [5.74, 6) is 0.662. The summed E-state index contributed by atoms with van der Waals surface area (Å²) in [4.78, 5) is 0. The lowest BCUT2D eigenvalue weighted by molar-refractivity contribution is 0.315. The van der Waals surface area contributed by atoms with Crippen LogP contribution < -0.4 is 5.32 Å². The Kier molecular flexibility index (Phi) is 7.08. The first kappa shape index (κ1) is 16.7. The predicted octanol–water partition coefficient (Wildman–Crippen LogP) is 4.70. The molecule has 0 aliphatic carbocycles. The van der Waals surface area contributed by atoms with E-state index in [9.17, 15) is 0 Å². The number of unbranched alkanes of at least 4 members (excludes halogenated alkanes) is 1. The molecule has 0 bridgehead atoms. The van der Waals surface area contributed by atoms with Gasteiger partial charge < -0.3 is 5.32 Å². The Bertz CT molecular complexity index is 373. The number of nitrogens with one attached hydrogen (secondary N) is 1. The Morgan fingerprint density at radius 3 is 2.53 bits per heavy atom. The largest absolute Gasteiger partial charge is 0.311 e. The maximum absolute atomic E-state index is 4.51. The molecule has 2 atom stereocenters. The maximum Gasteiger partial charge on any atom is 0.0701 e. The van der Waals surface area contributed by atoms with Crippen LogP contribution in [0.25, 0.3) is 0 Å². The molecular weight excluding hydrogens is 302 g/mol. The lowest BCUT2D eigenvalue weighted by atomic mass is 9.89. The molecule has 0 spiro atoms. The fraction of sp³-hybridized carbons (Fsp3) is 0.800. The Hall–Kier alpha value is -0.350. The van der Waals surface area contributed by atoms with Gasteiger partial charge in [-0.05, 0) is 49.2 Å². The molecule has 110 valence electrons. The van der Waals surface area contributed by atoms with Crippen LogP contribution in [0.3, 0.4) is 0 Å². The first-order chi connectivity index (χ1) is 9.06. The summed E-state index contributed by atoms with van der Waals surface area (Å²) in [5, 5.41) is 8.02. The SMILES string of the molecule is CCCCC(CC)C(NC)c1c(Br)cnn1C(C)C. The summed E-state index contributed by atoms with van der Waals surface area (Å²) in [6.45, 7) is 8.91. The van der Waals surface area contributed by atoms with Gasteiger partial charge in [0.25, 0.3) is 0 Å². The molecule has 0 radical (unpaired) electrons. The van der Waals surface area contributed by atoms with Crippen LogP contribution in [0.2, 0.25) is 0 Å². The summed E-state index contributed by atoms with van der Waals surface area (Å²) in [5.41, 5.74) is 1.29. The van der Waals surface area contributed by atoms with Crippen LogP contribution in [0.5, 0.6) is 0 Å². The quantitative estimate of drug-likeness (QED) is 0.748. The van der Waals surface area contributed by atoms with Crippen LogP contribution in [0.4, 0.5) is 0 Å². The molecule has 2 unspecified atom stereocenters. The normalized spacial score (nSPS) is 14.9. The third kappa shape index (κ3) is 4.06. The second-order valence-electron chi connectivity index (χ2n) is 5.49. The Morgan fingerprint density at radius 1 is 1.37 bits per heavy atom. The van der Waals surface area contributed by atoms with Crippen molar-refractivity contribution in [3.63, 3.8) is 0 Å². The number of rotatable bonds is 8. The summed E-state index contributed by atoms with van der Waals surface area (Å²) in [7, 11) is 2.06. The second-order valence-corrected chi connectivity index (χ2v) is 6.35. The highest BCUT2D eigenvalue weighted by molar-refractivity contribution is 9.10. The van der Waals surface area contributed by atoms with E-state index in [0.29, 0.717) is 18.0 Å². The third-order valence-corrected chi connectivity index (χ3v) is 4.42. The maximum atomic E-state index is 4.51. The van der Waals surface area contributed by atoms with E-state index >= 15 is 0 Å². The van der Waals surface area contributed by atoms with Gasteiger partial charge in [0.1, 0.15) is 0 Å². The number of hydrogen-bond acceptors (Lipinski definition) is 2. The summed E-state index contributed by atoms with van der Waals surface area (Å²) in [6.07, 6.45) is 6.95. The fourth-order valence-corrected chi connectivity index (χ4v) is 3.24. The van der Waals surface area contributed by atoms with Crippen molar-refractivity contribution >= 4 is 15.9 Å². The highest BCUT2D eigenvalue weighted by Gasteiger charge is 2.26. The minimum atomic E-state index is 0.371. The molecule has 1 heterocycles. The van der Waals surface area contributed by atoms with Gasteiger partial charge in [0.15, 0.2) is 0 Å². The minimum absolute atomic E-state index is 0.371. The van der Waals surface area contributed by atoms with Gasteiger partial charge >= 0.3 is 0 Å². The molecule has 0 saturated carbocycles. The first-order valence-electron chi connectivity index (χ1n) is 7.46. The molecule has 0 fully saturated rings. The number of halogens is 1. The molecule has 0 amide bonds. The molecule has 0 aliphatic rings. The van der Waals surface area contributed by atoms with Gasteiger partial charge in [-0.15, -0.1) is 0 Å². The van der Waals surface area contributed by atoms with E-state index in [1.54, 1.807) is 0 Å². The zero-order chi connectivity index (χ0) is 14.4. The average molecular weight is 330 g/mol. The van der Waals surface area contributed by atoms with Crippen LogP contribution in [-0.4, -0.2) is 16.8 Å². The van der Waals surface area contributed by atoms with Crippen molar-refractivity contribution in [3.05, 3.63) is 16.4 Å². The molecule has 4 heteroatoms. The van der Waals surface area contributed by atoms with Gasteiger partial charge in [-0.1, -0.05) is 33.1 Å². The Morgan fingerprint density at radius 2 is 2.05 bits per heavy atom. The van der Waals surface area contributed by atoms with Crippen molar-refractivity contribution < 1.29 is 0 Å². The van der Waals surface area contributed by atoms with E-state index in [1.165, 1.54) is 31.4 Å². The van der Waals surface area contributed by atoms with Crippen molar-refractivity contribution in [3.8, 4) is 0 Å². The van der Waals surface area contributed by atoms with Gasteiger partial charge in [-0.25, -0.2) is 0 Å². The van der Waals surface area contributed by atoms with Crippen molar-refractivity contribution in [2.45, 2.75) is 65.5 Å². The van der Waals surface area contributed by atoms with Gasteiger partial charge in [0, 0.05) is 6.04 Å². The van der Waals surface area contributed by atoms with Crippen molar-refractivity contribution in [2.75, 3.05) is 7.05 Å². The fourth-order valence-electron chi connectivity index (χ4n) is 2.72. The van der Waals surface area contributed by atoms with Crippen LogP contribution in [0, 0.1) is 5.92 Å². The van der Waals surface area contributed by atoms with Crippen LogP contribution in [-0.2, 0) is 0 Å². The average Bonchev–Trinajstić information content (AvgIpc) is 2.76. The lowest BCUT2D eigenvalue weighted by Crippen LogP contribution is -2.28. The standard InChI is InChI=1S/C15H28BrN3/c1-6-8-9-12(7-2)14(17-5)15-13(16)10-18-19(15)11(3)4/h10-12,14,17H,6-9H2,1-5H3. The van der Waals surface area contributed by atoms with E-state index in [4.69, 9.17) is 0 Å². The third-order valence-electron chi connectivity index (χ3n) is 3.81. The second kappa shape index (κ2) is 8.05. The molecular formula is C15H28BrN3. The smallest absolute Gasteiger partial charge is 0.0701 e. The van der Waals surface area contributed by atoms with Gasteiger partial charge in [0.2, 0.25) is 0 Å². The number of hydrogen-bond donors (Lipinski definition) is 1. The summed E-state index contributed by atoms with van der Waals surface area (Å²) in [6, 6.07) is 0.761. The molecule has 0 aliphatic heterocycles. The van der Waals surface area contributed by atoms with Crippen molar-refractivity contribution in [2.24, 2.45) is 5.92 Å². The Labute approximate surface area is 126 Å². The molecule has 1 aromatic rings. The van der Waals surface area contributed by atoms with E-state index in [1.807, 2.05) is 6.20 Å². The topological polar surface area (TPSA) is 29.9 Å². The number of nitrogens with zero attached hydrogens (tertiary/aromatic N) is 2. The zero-order valence-corrected chi connectivity index (χ0v) is 14.5. The highest BCUT2D eigenvalue weighted by atomic mass is 79.9. The molecule has 19 heavy (non-hydrogen) atoms. The molecule has 1 aromatic heterocycles. The van der Waals surface area contributed by atoms with E-state index in [-0.39, 0.29) is 0 Å². The van der Waals surface area contributed by atoms with Crippen LogP contribution >= 0.6 is 15.9 Å². The van der Waals surface area contributed by atoms with E-state index in [0.717, 1.165) is 4.47 Å². The van der Waals surface area contributed by atoms with Gasteiger partial charge in [-0.3, -0.25) is 4.68 Å². The van der Waals surface area contributed by atoms with Crippen molar-refractivity contribution in [1.82, 2.24) is 15.1 Å². The summed E-state index contributed by atoms with van der Waals surface area (Å²) >= 11 is 3.67. The minimum Gasteiger partial charge on any atom is -0.311 e. The highest BCUT2D eigenvalue weighted by Crippen LogP contribution is 2.34. The Balaban J connectivity index is 3.03. The van der Waals surface area contributed by atoms with E-state index in [2.05, 4.69) is 65.8 Å². The zero-order valence-electron chi connectivity index (χ0n) is 12.9. The predicted molar refractivity (Wildman–Crippen MR) is 85.4 cm³/mol. The number of aromatic nitrogens is 2. The summed E-state index contributed by atoms with van der Waals surface area (Å²) < 4.78 is 3.26. The lowest BCUT2D eigenvalue weighted by Gasteiger charge is -2.28. The van der Waals surface area contributed by atoms with Gasteiger partial charge in [0.05, 0.1) is 22.4 Å². The van der Waals surface area contributed by atoms with Crippen LogP contribution in [0.1, 0.15) is 71.2 Å². The first-order valence-corrected chi connectivity index (χ1v) is 8.26. The van der Waals surface area contributed by atoms with Crippen molar-refractivity contribution in [1.29, 1.82) is 0 Å². The van der Waals surface area contributed by atoms with Crippen LogP contribution in [0.15, 0.2) is 10.7 Å². The van der Waals surface area contributed by atoms with Gasteiger partial charge in [-0.2, -0.15) is 5.10 Å².